The molecule has 0 saturated heterocycles. The first-order valence-electron chi connectivity index (χ1n) is 8.41. The first kappa shape index (κ1) is 19.3. The molecule has 6 nitrogen and oxygen atoms in total. The summed E-state index contributed by atoms with van der Waals surface area (Å²) in [4.78, 5) is 23.8. The average Bonchev–Trinajstić information content (AvgIpc) is 2.65. The lowest BCUT2D eigenvalue weighted by molar-refractivity contribution is -0.141. The predicted molar refractivity (Wildman–Crippen MR) is 97.8 cm³/mol. The van der Waals surface area contributed by atoms with Crippen molar-refractivity contribution < 1.29 is 24.2 Å². The van der Waals surface area contributed by atoms with Gasteiger partial charge in [-0.25, -0.2) is 0 Å². The van der Waals surface area contributed by atoms with Crippen LogP contribution in [-0.4, -0.2) is 37.2 Å². The quantitative estimate of drug-likeness (QED) is 0.721. The monoisotopic (exact) mass is 357 g/mol. The second-order valence-corrected chi connectivity index (χ2v) is 5.72. The highest BCUT2D eigenvalue weighted by molar-refractivity contribution is 5.94. The van der Waals surface area contributed by atoms with Gasteiger partial charge in [-0.1, -0.05) is 18.2 Å². The van der Waals surface area contributed by atoms with Crippen LogP contribution in [0.3, 0.4) is 0 Å². The fourth-order valence-corrected chi connectivity index (χ4v) is 2.57. The van der Waals surface area contributed by atoms with Crippen LogP contribution in [0.4, 0.5) is 0 Å². The number of rotatable bonds is 9. The Balaban J connectivity index is 1.99. The Bertz CT molecular complexity index is 742. The van der Waals surface area contributed by atoms with Crippen LogP contribution in [0.1, 0.15) is 22.8 Å². The number of carboxylic acids is 1. The third-order valence-electron chi connectivity index (χ3n) is 3.94. The number of hydrogen-bond donors (Lipinski definition) is 2. The zero-order valence-electron chi connectivity index (χ0n) is 14.9. The Hall–Kier alpha value is -3.02. The van der Waals surface area contributed by atoms with Crippen LogP contribution in [0.15, 0.2) is 48.5 Å². The van der Waals surface area contributed by atoms with Gasteiger partial charge in [0.05, 0.1) is 19.6 Å². The number of nitrogens with one attached hydrogen (secondary N) is 1. The van der Waals surface area contributed by atoms with Gasteiger partial charge in [0.25, 0.3) is 5.91 Å². The van der Waals surface area contributed by atoms with E-state index in [9.17, 15) is 14.7 Å². The van der Waals surface area contributed by atoms with Crippen molar-refractivity contribution in [1.82, 2.24) is 5.32 Å². The maximum absolute atomic E-state index is 12.2. The maximum atomic E-state index is 12.2. The lowest BCUT2D eigenvalue weighted by Crippen LogP contribution is -2.34. The van der Waals surface area contributed by atoms with Gasteiger partial charge >= 0.3 is 5.97 Å². The average molecular weight is 357 g/mol. The number of methoxy groups -OCH3 is 1. The Morgan fingerprint density at radius 3 is 2.42 bits per heavy atom. The number of hydrogen-bond acceptors (Lipinski definition) is 4. The molecule has 1 atom stereocenters. The van der Waals surface area contributed by atoms with E-state index in [1.807, 2.05) is 25.1 Å². The molecule has 0 aromatic heterocycles. The second kappa shape index (κ2) is 9.46. The van der Waals surface area contributed by atoms with E-state index in [4.69, 9.17) is 9.47 Å². The van der Waals surface area contributed by atoms with E-state index in [1.54, 1.807) is 37.4 Å². The Morgan fingerprint density at radius 1 is 1.12 bits per heavy atom. The Labute approximate surface area is 152 Å². The molecule has 1 amide bonds. The SMILES string of the molecule is CCOc1ccc(C(=O)NCC(Cc2ccccc2OC)C(=O)O)cc1. The van der Waals surface area contributed by atoms with E-state index in [0.717, 1.165) is 5.56 Å². The van der Waals surface area contributed by atoms with Gasteiger partial charge in [-0.15, -0.1) is 0 Å². The Kier molecular flexibility index (Phi) is 7.02. The summed E-state index contributed by atoms with van der Waals surface area (Å²) >= 11 is 0. The molecule has 6 heteroatoms. The minimum Gasteiger partial charge on any atom is -0.496 e. The summed E-state index contributed by atoms with van der Waals surface area (Å²) in [5.74, 6) is -0.722. The molecular formula is C20H23NO5. The van der Waals surface area contributed by atoms with Gasteiger partial charge in [0.1, 0.15) is 11.5 Å². The molecule has 0 fully saturated rings. The lowest BCUT2D eigenvalue weighted by atomic mass is 9.98. The van der Waals surface area contributed by atoms with Crippen LogP contribution in [0.5, 0.6) is 11.5 Å². The largest absolute Gasteiger partial charge is 0.496 e. The molecule has 2 rings (SSSR count). The third kappa shape index (κ3) is 5.24. The summed E-state index contributed by atoms with van der Waals surface area (Å²) in [6, 6.07) is 14.0. The van der Waals surface area contributed by atoms with Gasteiger partial charge in [-0.05, 0) is 49.2 Å². The molecule has 26 heavy (non-hydrogen) atoms. The van der Waals surface area contributed by atoms with Crippen molar-refractivity contribution in [2.45, 2.75) is 13.3 Å². The van der Waals surface area contributed by atoms with Crippen molar-refractivity contribution in [3.8, 4) is 11.5 Å². The number of amides is 1. The topological polar surface area (TPSA) is 84.9 Å². The van der Waals surface area contributed by atoms with Crippen LogP contribution >= 0.6 is 0 Å². The van der Waals surface area contributed by atoms with Gasteiger partial charge in [-0.2, -0.15) is 0 Å². The number of aliphatic carboxylic acids is 1. The number of benzene rings is 2. The van der Waals surface area contributed by atoms with E-state index in [2.05, 4.69) is 5.32 Å². The fourth-order valence-electron chi connectivity index (χ4n) is 2.57. The van der Waals surface area contributed by atoms with Crippen LogP contribution in [0, 0.1) is 5.92 Å². The highest BCUT2D eigenvalue weighted by Crippen LogP contribution is 2.21. The minimum absolute atomic E-state index is 0.0272. The second-order valence-electron chi connectivity index (χ2n) is 5.72. The molecule has 1 unspecified atom stereocenters. The number of carboxylic acid groups (broad SMARTS) is 1. The number of ether oxygens (including phenoxy) is 2. The van der Waals surface area contributed by atoms with Gasteiger partial charge in [0.2, 0.25) is 0 Å². The predicted octanol–water partition coefficient (Wildman–Crippen LogP) is 2.77. The molecule has 0 spiro atoms. The van der Waals surface area contributed by atoms with E-state index >= 15 is 0 Å². The zero-order chi connectivity index (χ0) is 18.9. The van der Waals surface area contributed by atoms with Gasteiger partial charge in [0.15, 0.2) is 0 Å². The minimum atomic E-state index is -0.970. The summed E-state index contributed by atoms with van der Waals surface area (Å²) in [5.41, 5.74) is 1.24. The standard InChI is InChI=1S/C20H23NO5/c1-3-26-17-10-8-14(9-11-17)19(22)21-13-16(20(23)24)12-15-6-4-5-7-18(15)25-2/h4-11,16H,3,12-13H2,1-2H3,(H,21,22)(H,23,24). The molecule has 0 heterocycles. The summed E-state index contributed by atoms with van der Waals surface area (Å²) in [5, 5.41) is 12.2. The van der Waals surface area contributed by atoms with Crippen molar-refractivity contribution in [1.29, 1.82) is 0 Å². The van der Waals surface area contributed by atoms with Crippen molar-refractivity contribution in [3.05, 3.63) is 59.7 Å². The molecule has 0 aliphatic rings. The Morgan fingerprint density at radius 2 is 1.81 bits per heavy atom. The third-order valence-corrected chi connectivity index (χ3v) is 3.94. The highest BCUT2D eigenvalue weighted by Gasteiger charge is 2.21. The molecule has 0 radical (unpaired) electrons. The van der Waals surface area contributed by atoms with E-state index in [0.29, 0.717) is 23.7 Å². The van der Waals surface area contributed by atoms with Crippen molar-refractivity contribution in [2.24, 2.45) is 5.92 Å². The van der Waals surface area contributed by atoms with Crippen molar-refractivity contribution in [3.63, 3.8) is 0 Å². The lowest BCUT2D eigenvalue weighted by Gasteiger charge is -2.15. The first-order chi connectivity index (χ1) is 12.5. The molecule has 2 N–H and O–H groups in total. The van der Waals surface area contributed by atoms with Gasteiger partial charge < -0.3 is 19.9 Å². The van der Waals surface area contributed by atoms with E-state index < -0.39 is 11.9 Å². The van der Waals surface area contributed by atoms with Crippen molar-refractivity contribution >= 4 is 11.9 Å². The fraction of sp³-hybridized carbons (Fsp3) is 0.300. The smallest absolute Gasteiger partial charge is 0.308 e. The molecule has 138 valence electrons. The van der Waals surface area contributed by atoms with Crippen molar-refractivity contribution in [2.75, 3.05) is 20.3 Å². The summed E-state index contributed by atoms with van der Waals surface area (Å²) in [7, 11) is 1.54. The molecule has 0 saturated carbocycles. The molecule has 2 aromatic carbocycles. The van der Waals surface area contributed by atoms with Gasteiger partial charge in [0, 0.05) is 12.1 Å². The maximum Gasteiger partial charge on any atom is 0.308 e. The van der Waals surface area contributed by atoms with E-state index in [-0.39, 0.29) is 18.9 Å². The molecule has 0 aliphatic carbocycles. The molecule has 0 bridgehead atoms. The zero-order valence-corrected chi connectivity index (χ0v) is 14.9. The number of carbonyl (C=O) groups excluding carboxylic acids is 1. The van der Waals surface area contributed by atoms with Crippen LogP contribution in [0.25, 0.3) is 0 Å². The summed E-state index contributed by atoms with van der Waals surface area (Å²) in [6.07, 6.45) is 0.267. The summed E-state index contributed by atoms with van der Waals surface area (Å²) < 4.78 is 10.6. The number of para-hydroxylation sites is 1. The molecule has 0 aliphatic heterocycles. The van der Waals surface area contributed by atoms with Gasteiger partial charge in [-0.3, -0.25) is 9.59 Å². The molecule has 2 aromatic rings. The van der Waals surface area contributed by atoms with Crippen LogP contribution in [0.2, 0.25) is 0 Å². The first-order valence-corrected chi connectivity index (χ1v) is 8.41. The van der Waals surface area contributed by atoms with Crippen LogP contribution < -0.4 is 14.8 Å². The molecular weight excluding hydrogens is 334 g/mol. The summed E-state index contributed by atoms with van der Waals surface area (Å²) in [6.45, 7) is 2.46. The number of carbonyl (C=O) groups is 2. The normalized spacial score (nSPS) is 11.5. The highest BCUT2D eigenvalue weighted by atomic mass is 16.5. The van der Waals surface area contributed by atoms with E-state index in [1.165, 1.54) is 0 Å². The van der Waals surface area contributed by atoms with Crippen LogP contribution in [-0.2, 0) is 11.2 Å².